The van der Waals surface area contributed by atoms with Crippen molar-refractivity contribution in [1.82, 2.24) is 4.98 Å². The van der Waals surface area contributed by atoms with Gasteiger partial charge in [0.2, 0.25) is 0 Å². The number of benzene rings is 1. The van der Waals surface area contributed by atoms with E-state index in [1.54, 1.807) is 42.7 Å². The Morgan fingerprint density at radius 2 is 2.00 bits per heavy atom. The molecule has 4 heteroatoms. The topological polar surface area (TPSA) is 30.0 Å². The van der Waals surface area contributed by atoms with Crippen molar-refractivity contribution in [2.75, 3.05) is 0 Å². The summed E-state index contributed by atoms with van der Waals surface area (Å²) in [5, 5.41) is 0.464. The molecule has 0 aliphatic carbocycles. The monoisotopic (exact) mass is 309 g/mol. The van der Waals surface area contributed by atoms with Crippen LogP contribution in [0.2, 0.25) is 5.02 Å². The first-order valence-electron chi connectivity index (χ1n) is 5.03. The molecular weight excluding hydrogens is 302 g/mol. The number of carbonyl (C=O) groups excluding carboxylic acids is 1. The zero-order chi connectivity index (χ0) is 12.3. The molecule has 0 N–H and O–H groups in total. The van der Waals surface area contributed by atoms with E-state index in [2.05, 4.69) is 20.9 Å². The van der Waals surface area contributed by atoms with Gasteiger partial charge >= 0.3 is 0 Å². The fraction of sp³-hybridized carbons (Fsp3) is 0.0769. The number of alkyl halides is 1. The van der Waals surface area contributed by atoms with Crippen LogP contribution in [0.25, 0.3) is 0 Å². The van der Waals surface area contributed by atoms with Crippen LogP contribution in [0.5, 0.6) is 0 Å². The third-order valence-electron chi connectivity index (χ3n) is 2.35. The maximum Gasteiger partial charge on any atom is 0.182 e. The summed E-state index contributed by atoms with van der Waals surface area (Å²) in [5.74, 6) is -0.0661. The Balaban J connectivity index is 2.30. The summed E-state index contributed by atoms with van der Waals surface area (Å²) in [7, 11) is 0. The summed E-state index contributed by atoms with van der Waals surface area (Å²) in [6.45, 7) is 0. The number of nitrogens with zero attached hydrogens (tertiary/aromatic N) is 1. The molecule has 0 saturated carbocycles. The molecule has 0 aliphatic heterocycles. The zero-order valence-corrected chi connectivity index (χ0v) is 11.1. The molecule has 1 aromatic heterocycles. The Hall–Kier alpha value is -1.19. The second-order valence-electron chi connectivity index (χ2n) is 3.49. The summed E-state index contributed by atoms with van der Waals surface area (Å²) in [6, 6.07) is 10.7. The maximum absolute atomic E-state index is 12.2. The van der Waals surface area contributed by atoms with Crippen LogP contribution in [0.15, 0.2) is 48.8 Å². The van der Waals surface area contributed by atoms with Crippen LogP contribution in [0.4, 0.5) is 0 Å². The molecule has 0 bridgehead atoms. The summed E-state index contributed by atoms with van der Waals surface area (Å²) < 4.78 is 0. The lowest BCUT2D eigenvalue weighted by atomic mass is 10.0. The maximum atomic E-state index is 12.2. The van der Waals surface area contributed by atoms with Crippen molar-refractivity contribution >= 4 is 33.3 Å². The summed E-state index contributed by atoms with van der Waals surface area (Å²) in [5.41, 5.74) is 1.33. The Labute approximate surface area is 113 Å². The largest absolute Gasteiger partial charge is 0.292 e. The van der Waals surface area contributed by atoms with E-state index in [1.807, 2.05) is 6.07 Å². The van der Waals surface area contributed by atoms with Gasteiger partial charge in [-0.3, -0.25) is 9.78 Å². The first-order valence-corrected chi connectivity index (χ1v) is 6.32. The van der Waals surface area contributed by atoms with Crippen molar-refractivity contribution in [2.24, 2.45) is 0 Å². The van der Waals surface area contributed by atoms with Crippen molar-refractivity contribution in [3.63, 3.8) is 0 Å². The van der Waals surface area contributed by atoms with Crippen LogP contribution in [-0.4, -0.2) is 10.8 Å². The summed E-state index contributed by atoms with van der Waals surface area (Å²) in [6.07, 6.45) is 3.33. The van der Waals surface area contributed by atoms with E-state index in [9.17, 15) is 4.79 Å². The quantitative estimate of drug-likeness (QED) is 0.632. The molecule has 0 fully saturated rings. The number of ketones is 1. The third-order valence-corrected chi connectivity index (χ3v) is 3.62. The first-order chi connectivity index (χ1) is 8.20. The number of rotatable bonds is 3. The van der Waals surface area contributed by atoms with Crippen molar-refractivity contribution in [3.05, 3.63) is 64.9 Å². The highest BCUT2D eigenvalue weighted by Gasteiger charge is 2.20. The van der Waals surface area contributed by atoms with Crippen molar-refractivity contribution in [2.45, 2.75) is 4.83 Å². The normalized spacial score (nSPS) is 12.1. The minimum atomic E-state index is -0.420. The van der Waals surface area contributed by atoms with E-state index < -0.39 is 4.83 Å². The molecule has 2 aromatic rings. The number of hydrogen-bond donors (Lipinski definition) is 0. The molecule has 0 radical (unpaired) electrons. The molecular formula is C13H9BrClNO. The SMILES string of the molecule is O=C(c1ccccc1Cl)C(Br)c1cccnc1. The number of carbonyl (C=O) groups is 1. The Kier molecular flexibility index (Phi) is 3.92. The van der Waals surface area contributed by atoms with Gasteiger partial charge in [-0.25, -0.2) is 0 Å². The molecule has 0 aliphatic rings. The highest BCUT2D eigenvalue weighted by molar-refractivity contribution is 9.09. The van der Waals surface area contributed by atoms with Crippen molar-refractivity contribution < 1.29 is 4.79 Å². The third kappa shape index (κ3) is 2.73. The highest BCUT2D eigenvalue weighted by atomic mass is 79.9. The number of pyridine rings is 1. The predicted octanol–water partition coefficient (Wildman–Crippen LogP) is 4.05. The summed E-state index contributed by atoms with van der Waals surface area (Å²) >= 11 is 9.37. The minimum absolute atomic E-state index is 0.0661. The van der Waals surface area contributed by atoms with Crippen LogP contribution in [0.3, 0.4) is 0 Å². The van der Waals surface area contributed by atoms with Gasteiger partial charge in [0.25, 0.3) is 0 Å². The molecule has 0 amide bonds. The molecule has 2 nitrogen and oxygen atoms in total. The van der Waals surface area contributed by atoms with E-state index in [0.29, 0.717) is 10.6 Å². The molecule has 0 saturated heterocycles. The van der Waals surface area contributed by atoms with Crippen LogP contribution in [0.1, 0.15) is 20.7 Å². The fourth-order valence-electron chi connectivity index (χ4n) is 1.47. The van der Waals surface area contributed by atoms with Gasteiger partial charge in [0.1, 0.15) is 4.83 Å². The number of aromatic nitrogens is 1. The van der Waals surface area contributed by atoms with Gasteiger partial charge in [0.15, 0.2) is 5.78 Å². The highest BCUT2D eigenvalue weighted by Crippen LogP contribution is 2.29. The molecule has 2 rings (SSSR count). The van der Waals surface area contributed by atoms with Gasteiger partial charge in [-0.2, -0.15) is 0 Å². The average molecular weight is 311 g/mol. The molecule has 0 spiro atoms. The Morgan fingerprint density at radius 1 is 1.24 bits per heavy atom. The first kappa shape index (κ1) is 12.3. The van der Waals surface area contributed by atoms with Crippen molar-refractivity contribution in [1.29, 1.82) is 0 Å². The molecule has 1 unspecified atom stereocenters. The molecule has 1 atom stereocenters. The van der Waals surface area contributed by atoms with Gasteiger partial charge in [-0.1, -0.05) is 45.7 Å². The average Bonchev–Trinajstić information content (AvgIpc) is 2.39. The molecule has 17 heavy (non-hydrogen) atoms. The Bertz CT molecular complexity index is 530. The lowest BCUT2D eigenvalue weighted by Crippen LogP contribution is -2.07. The van der Waals surface area contributed by atoms with E-state index in [1.165, 1.54) is 0 Å². The van der Waals surface area contributed by atoms with Gasteiger partial charge in [0.05, 0.1) is 5.02 Å². The summed E-state index contributed by atoms with van der Waals surface area (Å²) in [4.78, 5) is 15.8. The van der Waals surface area contributed by atoms with E-state index >= 15 is 0 Å². The van der Waals surface area contributed by atoms with Crippen LogP contribution in [-0.2, 0) is 0 Å². The van der Waals surface area contributed by atoms with Gasteiger partial charge < -0.3 is 0 Å². The Morgan fingerprint density at radius 3 is 2.65 bits per heavy atom. The van der Waals surface area contributed by atoms with Crippen LogP contribution < -0.4 is 0 Å². The smallest absolute Gasteiger partial charge is 0.182 e. The zero-order valence-electron chi connectivity index (χ0n) is 8.81. The van der Waals surface area contributed by atoms with E-state index in [-0.39, 0.29) is 5.78 Å². The molecule has 86 valence electrons. The number of halogens is 2. The van der Waals surface area contributed by atoms with Gasteiger partial charge in [0, 0.05) is 18.0 Å². The predicted molar refractivity (Wildman–Crippen MR) is 71.7 cm³/mol. The number of Topliss-reactive ketones (excluding diaryl/α,β-unsaturated/α-hetero) is 1. The minimum Gasteiger partial charge on any atom is -0.292 e. The van der Waals surface area contributed by atoms with E-state index in [0.717, 1.165) is 5.56 Å². The lowest BCUT2D eigenvalue weighted by Gasteiger charge is -2.09. The number of hydrogen-bond acceptors (Lipinski definition) is 2. The van der Waals surface area contributed by atoms with Crippen LogP contribution in [0, 0.1) is 0 Å². The second kappa shape index (κ2) is 5.43. The van der Waals surface area contributed by atoms with Gasteiger partial charge in [-0.15, -0.1) is 0 Å². The second-order valence-corrected chi connectivity index (χ2v) is 4.82. The van der Waals surface area contributed by atoms with Crippen molar-refractivity contribution in [3.8, 4) is 0 Å². The molecule has 1 heterocycles. The molecule has 1 aromatic carbocycles. The fourth-order valence-corrected chi connectivity index (χ4v) is 2.22. The van der Waals surface area contributed by atoms with Gasteiger partial charge in [-0.05, 0) is 23.8 Å². The van der Waals surface area contributed by atoms with Crippen LogP contribution >= 0.6 is 27.5 Å². The standard InChI is InChI=1S/C13H9BrClNO/c14-12(9-4-3-7-16-8-9)13(17)10-5-1-2-6-11(10)15/h1-8,12H. The lowest BCUT2D eigenvalue weighted by molar-refractivity contribution is 0.0991. The van der Waals surface area contributed by atoms with E-state index in [4.69, 9.17) is 11.6 Å².